The van der Waals surface area contributed by atoms with Crippen molar-refractivity contribution >= 4 is 17.2 Å². The monoisotopic (exact) mass is 538 g/mol. The Kier molecular flexibility index (Phi) is 7.80. The summed E-state index contributed by atoms with van der Waals surface area (Å²) in [5.41, 5.74) is 7.51. The zero-order valence-corrected chi connectivity index (χ0v) is 23.4. The molecular weight excluding hydrogens is 500 g/mol. The number of imidazole rings is 1. The molecule has 0 saturated carbocycles. The molecule has 40 heavy (non-hydrogen) atoms. The predicted octanol–water partition coefficient (Wildman–Crippen LogP) is 5.25. The third-order valence-corrected chi connectivity index (χ3v) is 8.17. The van der Waals surface area contributed by atoms with Crippen molar-refractivity contribution in [1.82, 2.24) is 24.8 Å². The van der Waals surface area contributed by atoms with Crippen molar-refractivity contribution in [2.75, 3.05) is 26.3 Å². The molecule has 2 aromatic heterocycles. The predicted molar refractivity (Wildman–Crippen MR) is 158 cm³/mol. The maximum atomic E-state index is 7.48. The number of dihydropyridines is 1. The molecule has 3 aliphatic rings. The van der Waals surface area contributed by atoms with Gasteiger partial charge in [0.15, 0.2) is 0 Å². The molecule has 2 fully saturated rings. The summed E-state index contributed by atoms with van der Waals surface area (Å²) in [6, 6.07) is 12.7. The minimum atomic E-state index is 0.300. The van der Waals surface area contributed by atoms with Crippen LogP contribution in [-0.4, -0.2) is 58.1 Å². The van der Waals surface area contributed by atoms with E-state index in [2.05, 4.69) is 46.0 Å². The van der Waals surface area contributed by atoms with Gasteiger partial charge in [-0.1, -0.05) is 12.1 Å². The number of benzene rings is 1. The fourth-order valence-electron chi connectivity index (χ4n) is 5.63. The van der Waals surface area contributed by atoms with Crippen LogP contribution in [0, 0.1) is 12.3 Å². The van der Waals surface area contributed by atoms with E-state index in [-0.39, 0.29) is 0 Å². The van der Waals surface area contributed by atoms with E-state index >= 15 is 0 Å². The van der Waals surface area contributed by atoms with Gasteiger partial charge < -0.3 is 24.8 Å². The van der Waals surface area contributed by atoms with E-state index in [4.69, 9.17) is 24.9 Å². The van der Waals surface area contributed by atoms with E-state index < -0.39 is 0 Å². The number of aryl methyl sites for hydroxylation is 1. The SMILES string of the molecule is C/C(C=N)=C1\C=C(COc2cccc(C3CCN(Cc4nc5ccc(C)cc5n4CC4CCO4)CC3)n2)C=CN1. The van der Waals surface area contributed by atoms with Gasteiger partial charge >= 0.3 is 0 Å². The number of allylic oxidation sites excluding steroid dienone is 2. The third-order valence-electron chi connectivity index (χ3n) is 8.17. The molecule has 0 radical (unpaired) electrons. The fourth-order valence-corrected chi connectivity index (χ4v) is 5.63. The molecule has 0 aliphatic carbocycles. The number of fused-ring (bicyclic) bond motifs is 1. The summed E-state index contributed by atoms with van der Waals surface area (Å²) < 4.78 is 14.2. The van der Waals surface area contributed by atoms with E-state index in [0.717, 1.165) is 85.9 Å². The Balaban J connectivity index is 1.08. The lowest BCUT2D eigenvalue weighted by molar-refractivity contribution is -0.0592. The van der Waals surface area contributed by atoms with Crippen molar-refractivity contribution in [3.63, 3.8) is 0 Å². The fraction of sp³-hybridized carbons (Fsp3) is 0.406. The number of piperidine rings is 1. The Bertz CT molecular complexity index is 1470. The van der Waals surface area contributed by atoms with Crippen LogP contribution in [0.2, 0.25) is 0 Å². The van der Waals surface area contributed by atoms with Crippen molar-refractivity contribution in [2.24, 2.45) is 0 Å². The van der Waals surface area contributed by atoms with E-state index in [9.17, 15) is 0 Å². The van der Waals surface area contributed by atoms with Gasteiger partial charge in [-0.05, 0) is 93.3 Å². The topological polar surface area (TPSA) is 88.3 Å². The highest BCUT2D eigenvalue weighted by molar-refractivity contribution is 5.77. The first-order chi connectivity index (χ1) is 19.6. The van der Waals surface area contributed by atoms with E-state index in [1.54, 1.807) is 0 Å². The van der Waals surface area contributed by atoms with Crippen molar-refractivity contribution in [2.45, 2.75) is 58.2 Å². The van der Waals surface area contributed by atoms with Crippen molar-refractivity contribution < 1.29 is 9.47 Å². The number of nitrogens with one attached hydrogen (secondary N) is 2. The highest BCUT2D eigenvalue weighted by Crippen LogP contribution is 2.30. The molecule has 2 N–H and O–H groups in total. The van der Waals surface area contributed by atoms with Crippen LogP contribution in [0.4, 0.5) is 0 Å². The van der Waals surface area contributed by atoms with Gasteiger partial charge in [-0.2, -0.15) is 0 Å². The Hall–Kier alpha value is -3.75. The number of hydrogen-bond donors (Lipinski definition) is 2. The Morgan fingerprint density at radius 3 is 2.80 bits per heavy atom. The molecule has 3 aliphatic heterocycles. The first-order valence-electron chi connectivity index (χ1n) is 14.3. The molecule has 6 rings (SSSR count). The van der Waals surface area contributed by atoms with Gasteiger partial charge in [-0.3, -0.25) is 4.90 Å². The number of aromatic nitrogens is 3. The van der Waals surface area contributed by atoms with Crippen LogP contribution in [-0.2, 0) is 17.8 Å². The number of ether oxygens (including phenoxy) is 2. The van der Waals surface area contributed by atoms with Crippen molar-refractivity contribution in [1.29, 1.82) is 5.41 Å². The summed E-state index contributed by atoms with van der Waals surface area (Å²) in [5.74, 6) is 2.22. The van der Waals surface area contributed by atoms with Crippen molar-refractivity contribution in [3.05, 3.63) is 88.7 Å². The molecule has 1 unspecified atom stereocenters. The van der Waals surface area contributed by atoms with E-state index in [1.807, 2.05) is 37.4 Å². The second kappa shape index (κ2) is 11.8. The molecular formula is C32H38N6O2. The summed E-state index contributed by atoms with van der Waals surface area (Å²) in [7, 11) is 0. The molecule has 8 nitrogen and oxygen atoms in total. The summed E-state index contributed by atoms with van der Waals surface area (Å²) in [4.78, 5) is 12.4. The Morgan fingerprint density at radius 2 is 2.02 bits per heavy atom. The summed E-state index contributed by atoms with van der Waals surface area (Å²) in [6.07, 6.45) is 10.8. The normalized spacial score (nSPS) is 21.1. The molecule has 208 valence electrons. The molecule has 0 amide bonds. The first kappa shape index (κ1) is 26.5. The van der Waals surface area contributed by atoms with Crippen LogP contribution in [0.3, 0.4) is 0 Å². The number of hydrogen-bond acceptors (Lipinski definition) is 7. The van der Waals surface area contributed by atoms with Gasteiger partial charge in [0.05, 0.1) is 30.2 Å². The van der Waals surface area contributed by atoms with Crippen LogP contribution in [0.25, 0.3) is 11.0 Å². The number of rotatable bonds is 9. The average molecular weight is 539 g/mol. The summed E-state index contributed by atoms with van der Waals surface area (Å²) in [6.45, 7) is 9.15. The molecule has 8 heteroatoms. The lowest BCUT2D eigenvalue weighted by Gasteiger charge is -2.32. The molecule has 0 bridgehead atoms. The highest BCUT2D eigenvalue weighted by Gasteiger charge is 2.26. The second-order valence-electron chi connectivity index (χ2n) is 11.1. The Labute approximate surface area is 235 Å². The smallest absolute Gasteiger partial charge is 0.213 e. The maximum absolute atomic E-state index is 7.48. The van der Waals surface area contributed by atoms with Crippen LogP contribution < -0.4 is 10.1 Å². The van der Waals surface area contributed by atoms with Gasteiger partial charge in [0.2, 0.25) is 5.88 Å². The molecule has 0 spiro atoms. The van der Waals surface area contributed by atoms with Gasteiger partial charge in [-0.25, -0.2) is 9.97 Å². The largest absolute Gasteiger partial charge is 0.473 e. The molecule has 1 atom stereocenters. The second-order valence-corrected chi connectivity index (χ2v) is 11.1. The lowest BCUT2D eigenvalue weighted by Crippen LogP contribution is -2.35. The maximum Gasteiger partial charge on any atom is 0.213 e. The third kappa shape index (κ3) is 5.88. The van der Waals surface area contributed by atoms with Gasteiger partial charge in [0.25, 0.3) is 0 Å². The molecule has 3 aromatic rings. The minimum Gasteiger partial charge on any atom is -0.473 e. The van der Waals surface area contributed by atoms with Gasteiger partial charge in [0, 0.05) is 42.4 Å². The first-order valence-corrected chi connectivity index (χ1v) is 14.3. The summed E-state index contributed by atoms with van der Waals surface area (Å²) in [5, 5.41) is 10.7. The minimum absolute atomic E-state index is 0.300. The zero-order chi connectivity index (χ0) is 27.5. The average Bonchev–Trinajstić information content (AvgIpc) is 3.29. The summed E-state index contributed by atoms with van der Waals surface area (Å²) >= 11 is 0. The zero-order valence-electron chi connectivity index (χ0n) is 23.4. The number of likely N-dealkylation sites (tertiary alicyclic amines) is 1. The highest BCUT2D eigenvalue weighted by atomic mass is 16.5. The van der Waals surface area contributed by atoms with E-state index in [0.29, 0.717) is 24.5 Å². The van der Waals surface area contributed by atoms with Crippen LogP contribution >= 0.6 is 0 Å². The van der Waals surface area contributed by atoms with Crippen molar-refractivity contribution in [3.8, 4) is 5.88 Å². The van der Waals surface area contributed by atoms with Crippen LogP contribution in [0.15, 0.2) is 71.6 Å². The number of nitrogens with zero attached hydrogens (tertiary/aromatic N) is 4. The number of pyridine rings is 1. The van der Waals surface area contributed by atoms with Gasteiger partial charge in [0.1, 0.15) is 12.4 Å². The molecule has 2 saturated heterocycles. The van der Waals surface area contributed by atoms with Gasteiger partial charge in [-0.15, -0.1) is 0 Å². The van der Waals surface area contributed by atoms with E-state index in [1.165, 1.54) is 17.3 Å². The van der Waals surface area contributed by atoms with Crippen LogP contribution in [0.1, 0.15) is 49.2 Å². The molecule has 5 heterocycles. The molecule has 1 aromatic carbocycles. The lowest BCUT2D eigenvalue weighted by atomic mass is 9.93. The Morgan fingerprint density at radius 1 is 1.18 bits per heavy atom. The standard InChI is InChI=1S/C32H38N6O2/c1-22-6-7-28-30(16-22)38(19-26-11-15-39-26)31(35-28)20-37-13-9-25(10-14-37)27-4-3-5-32(36-27)40-21-24-8-12-34-29(17-24)23(2)18-33/h3-8,12,16-18,25-26,33-34H,9-11,13-15,19-21H2,1-2H3/b29-23-,33-18?. The van der Waals surface area contributed by atoms with Crippen LogP contribution in [0.5, 0.6) is 5.88 Å². The quantitative estimate of drug-likeness (QED) is 0.362.